The van der Waals surface area contributed by atoms with Crippen molar-refractivity contribution in [2.75, 3.05) is 26.6 Å². The normalized spacial score (nSPS) is 10.2. The number of benzene rings is 2. The van der Waals surface area contributed by atoms with E-state index in [4.69, 9.17) is 14.2 Å². The molecule has 1 N–H and O–H groups in total. The highest BCUT2D eigenvalue weighted by molar-refractivity contribution is 5.69. The Morgan fingerprint density at radius 1 is 0.760 bits per heavy atom. The monoisotopic (exact) mass is 337 g/mol. The van der Waals surface area contributed by atoms with Crippen molar-refractivity contribution in [2.45, 2.75) is 0 Å². The van der Waals surface area contributed by atoms with Gasteiger partial charge in [0, 0.05) is 17.7 Å². The fraction of sp³-hybridized carbons (Fsp3) is 0.158. The van der Waals surface area contributed by atoms with Crippen LogP contribution in [0.3, 0.4) is 0 Å². The van der Waals surface area contributed by atoms with E-state index in [-0.39, 0.29) is 0 Å². The molecule has 25 heavy (non-hydrogen) atoms. The van der Waals surface area contributed by atoms with Gasteiger partial charge < -0.3 is 19.5 Å². The number of anilines is 2. The minimum atomic E-state index is 0.670. The second-order valence-corrected chi connectivity index (χ2v) is 5.21. The molecule has 0 fully saturated rings. The van der Waals surface area contributed by atoms with Gasteiger partial charge in [-0.05, 0) is 36.4 Å². The molecule has 0 radical (unpaired) electrons. The number of nitrogens with one attached hydrogen (secondary N) is 1. The van der Waals surface area contributed by atoms with E-state index in [1.807, 2.05) is 48.5 Å². The minimum absolute atomic E-state index is 0.670. The molecule has 6 nitrogen and oxygen atoms in total. The van der Waals surface area contributed by atoms with E-state index in [0.29, 0.717) is 11.6 Å². The zero-order valence-electron chi connectivity index (χ0n) is 14.3. The van der Waals surface area contributed by atoms with Gasteiger partial charge in [-0.15, -0.1) is 0 Å². The third-order valence-corrected chi connectivity index (χ3v) is 3.72. The number of nitrogens with zero attached hydrogens (tertiary/aromatic N) is 2. The molecule has 6 heteroatoms. The Labute approximate surface area is 146 Å². The number of methoxy groups -OCH3 is 3. The van der Waals surface area contributed by atoms with Crippen molar-refractivity contribution in [1.29, 1.82) is 0 Å². The van der Waals surface area contributed by atoms with Crippen LogP contribution in [-0.4, -0.2) is 31.3 Å². The van der Waals surface area contributed by atoms with Crippen molar-refractivity contribution in [2.24, 2.45) is 0 Å². The first kappa shape index (κ1) is 16.6. The van der Waals surface area contributed by atoms with Gasteiger partial charge in [-0.25, -0.2) is 9.97 Å². The molecule has 0 aliphatic carbocycles. The van der Waals surface area contributed by atoms with Crippen LogP contribution in [0.15, 0.2) is 54.9 Å². The molecule has 0 bridgehead atoms. The molecule has 0 aliphatic rings. The number of hydrogen-bond acceptors (Lipinski definition) is 6. The maximum absolute atomic E-state index is 5.40. The summed E-state index contributed by atoms with van der Waals surface area (Å²) in [5.74, 6) is 2.87. The molecule has 128 valence electrons. The summed E-state index contributed by atoms with van der Waals surface area (Å²) in [5.41, 5.74) is 2.59. The zero-order chi connectivity index (χ0) is 17.6. The summed E-state index contributed by atoms with van der Waals surface area (Å²) in [6.45, 7) is 0. The summed E-state index contributed by atoms with van der Waals surface area (Å²) in [5, 5.41) is 3.25. The van der Waals surface area contributed by atoms with Crippen molar-refractivity contribution in [3.8, 4) is 28.5 Å². The fourth-order valence-corrected chi connectivity index (χ4v) is 2.39. The summed E-state index contributed by atoms with van der Waals surface area (Å²) in [6, 6.07) is 15.1. The van der Waals surface area contributed by atoms with Crippen LogP contribution in [0.5, 0.6) is 17.2 Å². The molecule has 0 atom stereocenters. The van der Waals surface area contributed by atoms with Gasteiger partial charge in [0.2, 0.25) is 0 Å². The Morgan fingerprint density at radius 3 is 2.16 bits per heavy atom. The van der Waals surface area contributed by atoms with Crippen molar-refractivity contribution in [3.63, 3.8) is 0 Å². The first-order chi connectivity index (χ1) is 12.2. The molecule has 0 spiro atoms. The molecule has 2 aromatic carbocycles. The van der Waals surface area contributed by atoms with Gasteiger partial charge in [0.05, 0.1) is 32.7 Å². The van der Waals surface area contributed by atoms with Gasteiger partial charge in [0.1, 0.15) is 29.4 Å². The van der Waals surface area contributed by atoms with E-state index < -0.39 is 0 Å². The van der Waals surface area contributed by atoms with Crippen LogP contribution in [0.4, 0.5) is 11.5 Å². The number of aromatic nitrogens is 2. The quantitative estimate of drug-likeness (QED) is 0.735. The van der Waals surface area contributed by atoms with Crippen molar-refractivity contribution in [3.05, 3.63) is 54.9 Å². The SMILES string of the molecule is COc1ccc(-c2cc(Nc3ccc(OC)cc3OC)ncn2)cc1. The lowest BCUT2D eigenvalue weighted by molar-refractivity contribution is 0.395. The van der Waals surface area contributed by atoms with Crippen LogP contribution in [-0.2, 0) is 0 Å². The molecule has 0 unspecified atom stereocenters. The van der Waals surface area contributed by atoms with Gasteiger partial charge >= 0.3 is 0 Å². The Morgan fingerprint density at radius 2 is 1.48 bits per heavy atom. The third-order valence-electron chi connectivity index (χ3n) is 3.72. The van der Waals surface area contributed by atoms with Gasteiger partial charge in [-0.2, -0.15) is 0 Å². The average molecular weight is 337 g/mol. The highest BCUT2D eigenvalue weighted by Gasteiger charge is 2.08. The molecule has 1 heterocycles. The Kier molecular flexibility index (Phi) is 4.99. The second kappa shape index (κ2) is 7.53. The van der Waals surface area contributed by atoms with E-state index >= 15 is 0 Å². The van der Waals surface area contributed by atoms with E-state index in [0.717, 1.165) is 28.4 Å². The van der Waals surface area contributed by atoms with Crippen molar-refractivity contribution in [1.82, 2.24) is 9.97 Å². The number of rotatable bonds is 6. The fourth-order valence-electron chi connectivity index (χ4n) is 2.39. The molecule has 0 saturated carbocycles. The minimum Gasteiger partial charge on any atom is -0.497 e. The second-order valence-electron chi connectivity index (χ2n) is 5.21. The molecule has 0 saturated heterocycles. The van der Waals surface area contributed by atoms with Crippen molar-refractivity contribution >= 4 is 11.5 Å². The van der Waals surface area contributed by atoms with E-state index in [2.05, 4.69) is 15.3 Å². The summed E-state index contributed by atoms with van der Waals surface area (Å²) in [6.07, 6.45) is 1.53. The van der Waals surface area contributed by atoms with Gasteiger partial charge in [-0.1, -0.05) is 0 Å². The van der Waals surface area contributed by atoms with Crippen LogP contribution < -0.4 is 19.5 Å². The Balaban J connectivity index is 1.86. The molecular formula is C19H19N3O3. The smallest absolute Gasteiger partial charge is 0.146 e. The van der Waals surface area contributed by atoms with Crippen LogP contribution in [0, 0.1) is 0 Å². The van der Waals surface area contributed by atoms with Crippen molar-refractivity contribution < 1.29 is 14.2 Å². The Hall–Kier alpha value is -3.28. The van der Waals surface area contributed by atoms with Crippen LogP contribution in [0.2, 0.25) is 0 Å². The first-order valence-corrected chi connectivity index (χ1v) is 7.69. The number of ether oxygens (including phenoxy) is 3. The lowest BCUT2D eigenvalue weighted by atomic mass is 10.1. The highest BCUT2D eigenvalue weighted by atomic mass is 16.5. The third kappa shape index (κ3) is 3.80. The van der Waals surface area contributed by atoms with Crippen LogP contribution in [0.25, 0.3) is 11.3 Å². The van der Waals surface area contributed by atoms with Crippen LogP contribution >= 0.6 is 0 Å². The summed E-state index contributed by atoms with van der Waals surface area (Å²) in [7, 11) is 4.88. The largest absolute Gasteiger partial charge is 0.497 e. The van der Waals surface area contributed by atoms with E-state index in [9.17, 15) is 0 Å². The first-order valence-electron chi connectivity index (χ1n) is 7.69. The molecule has 0 amide bonds. The topological polar surface area (TPSA) is 65.5 Å². The summed E-state index contributed by atoms with van der Waals surface area (Å²) in [4.78, 5) is 8.61. The lowest BCUT2D eigenvalue weighted by Crippen LogP contribution is -1.98. The van der Waals surface area contributed by atoms with E-state index in [1.54, 1.807) is 21.3 Å². The molecule has 3 rings (SSSR count). The molecule has 0 aliphatic heterocycles. The predicted molar refractivity (Wildman–Crippen MR) is 96.8 cm³/mol. The summed E-state index contributed by atoms with van der Waals surface area (Å²) >= 11 is 0. The maximum Gasteiger partial charge on any atom is 0.146 e. The van der Waals surface area contributed by atoms with Gasteiger partial charge in [0.25, 0.3) is 0 Å². The van der Waals surface area contributed by atoms with E-state index in [1.165, 1.54) is 6.33 Å². The van der Waals surface area contributed by atoms with Crippen LogP contribution in [0.1, 0.15) is 0 Å². The van der Waals surface area contributed by atoms with Gasteiger partial charge in [0.15, 0.2) is 0 Å². The highest BCUT2D eigenvalue weighted by Crippen LogP contribution is 2.31. The maximum atomic E-state index is 5.40. The zero-order valence-corrected chi connectivity index (χ0v) is 14.3. The Bertz CT molecular complexity index is 851. The predicted octanol–water partition coefficient (Wildman–Crippen LogP) is 3.91. The molecule has 3 aromatic rings. The van der Waals surface area contributed by atoms with Gasteiger partial charge in [-0.3, -0.25) is 0 Å². The molecular weight excluding hydrogens is 318 g/mol. The number of hydrogen-bond donors (Lipinski definition) is 1. The standard InChI is InChI=1S/C19H19N3O3/c1-23-14-6-4-13(5-7-14)17-11-19(21-12-20-17)22-16-9-8-15(24-2)10-18(16)25-3/h4-12H,1-3H3,(H,20,21,22). The average Bonchev–Trinajstić information content (AvgIpc) is 2.68. The molecule has 1 aromatic heterocycles. The lowest BCUT2D eigenvalue weighted by Gasteiger charge is -2.12. The summed E-state index contributed by atoms with van der Waals surface area (Å²) < 4.78 is 15.8.